The van der Waals surface area contributed by atoms with Crippen LogP contribution in [0.25, 0.3) is 0 Å². The molecule has 0 fully saturated rings. The Bertz CT molecular complexity index is 325. The van der Waals surface area contributed by atoms with E-state index in [1.165, 1.54) is 16.7 Å². The van der Waals surface area contributed by atoms with Crippen LogP contribution in [0.2, 0.25) is 0 Å². The van der Waals surface area contributed by atoms with Crippen molar-refractivity contribution in [1.29, 1.82) is 0 Å². The van der Waals surface area contributed by atoms with Crippen LogP contribution in [0.4, 0.5) is 0 Å². The summed E-state index contributed by atoms with van der Waals surface area (Å²) in [5, 5.41) is 9.55. The van der Waals surface area contributed by atoms with Crippen molar-refractivity contribution >= 4 is 0 Å². The average Bonchev–Trinajstić information content (AvgIpc) is 2.09. The first-order chi connectivity index (χ1) is 6.79. The van der Waals surface area contributed by atoms with Crippen LogP contribution in [-0.2, 0) is 0 Å². The summed E-state index contributed by atoms with van der Waals surface area (Å²) in [6, 6.07) is 4.02. The fraction of sp³-hybridized carbons (Fsp3) is 0.538. The predicted octanol–water partition coefficient (Wildman–Crippen LogP) is 2.76. The first-order valence-electron chi connectivity index (χ1n) is 5.22. The Hall–Kier alpha value is -1.02. The number of hydrogen-bond acceptors (Lipinski definition) is 2. The molecule has 0 saturated carbocycles. The summed E-state index contributed by atoms with van der Waals surface area (Å²) in [6.45, 7) is 10.0. The molecule has 0 bridgehead atoms. The molecule has 0 unspecified atom stereocenters. The van der Waals surface area contributed by atoms with Gasteiger partial charge in [0.05, 0.1) is 5.60 Å². The van der Waals surface area contributed by atoms with Gasteiger partial charge in [-0.15, -0.1) is 0 Å². The normalized spacial score (nSPS) is 11.6. The summed E-state index contributed by atoms with van der Waals surface area (Å²) in [7, 11) is 0. The Balaban J connectivity index is 2.80. The zero-order valence-electron chi connectivity index (χ0n) is 10.2. The molecule has 0 spiro atoms. The molecule has 2 heteroatoms. The number of benzene rings is 1. The molecule has 0 aliphatic rings. The van der Waals surface area contributed by atoms with E-state index in [-0.39, 0.29) is 0 Å². The van der Waals surface area contributed by atoms with Gasteiger partial charge in [-0.3, -0.25) is 0 Å². The smallest absolute Gasteiger partial charge is 0.120 e. The highest BCUT2D eigenvalue weighted by Crippen LogP contribution is 2.21. The van der Waals surface area contributed by atoms with Gasteiger partial charge in [0, 0.05) is 0 Å². The zero-order valence-corrected chi connectivity index (χ0v) is 10.2. The summed E-state index contributed by atoms with van der Waals surface area (Å²) in [4.78, 5) is 0. The van der Waals surface area contributed by atoms with Gasteiger partial charge in [-0.05, 0) is 63.4 Å². The average molecular weight is 208 g/mol. The highest BCUT2D eigenvalue weighted by atomic mass is 16.5. The van der Waals surface area contributed by atoms with Crippen LogP contribution in [-0.4, -0.2) is 17.3 Å². The van der Waals surface area contributed by atoms with Gasteiger partial charge in [-0.1, -0.05) is 0 Å². The lowest BCUT2D eigenvalue weighted by atomic mass is 10.0. The van der Waals surface area contributed by atoms with E-state index in [2.05, 4.69) is 20.8 Å². The van der Waals surface area contributed by atoms with Gasteiger partial charge < -0.3 is 9.84 Å². The van der Waals surface area contributed by atoms with Gasteiger partial charge in [-0.2, -0.15) is 0 Å². The minimum absolute atomic E-state index is 0.314. The third-order valence-electron chi connectivity index (χ3n) is 2.49. The van der Waals surface area contributed by atoms with E-state index in [0.29, 0.717) is 6.61 Å². The van der Waals surface area contributed by atoms with Gasteiger partial charge in [0.25, 0.3) is 0 Å². The monoisotopic (exact) mass is 208 g/mol. The second kappa shape index (κ2) is 4.23. The topological polar surface area (TPSA) is 29.5 Å². The SMILES string of the molecule is Cc1cc(OCC(C)(C)O)cc(C)c1C. The van der Waals surface area contributed by atoms with Gasteiger partial charge in [0.15, 0.2) is 0 Å². The van der Waals surface area contributed by atoms with Crippen LogP contribution in [0.1, 0.15) is 30.5 Å². The Kier molecular flexibility index (Phi) is 3.40. The third-order valence-corrected chi connectivity index (χ3v) is 2.49. The van der Waals surface area contributed by atoms with E-state index in [1.54, 1.807) is 13.8 Å². The summed E-state index contributed by atoms with van der Waals surface area (Å²) in [5.74, 6) is 0.831. The summed E-state index contributed by atoms with van der Waals surface area (Å²) < 4.78 is 5.54. The maximum Gasteiger partial charge on any atom is 0.120 e. The van der Waals surface area contributed by atoms with Gasteiger partial charge in [-0.25, -0.2) is 0 Å². The number of aliphatic hydroxyl groups is 1. The van der Waals surface area contributed by atoms with E-state index in [4.69, 9.17) is 4.74 Å². The maximum atomic E-state index is 9.55. The van der Waals surface area contributed by atoms with Crippen molar-refractivity contribution in [3.05, 3.63) is 28.8 Å². The van der Waals surface area contributed by atoms with Gasteiger partial charge in [0.1, 0.15) is 12.4 Å². The second-order valence-corrected chi connectivity index (χ2v) is 4.78. The van der Waals surface area contributed by atoms with E-state index in [1.807, 2.05) is 12.1 Å². The molecule has 2 nitrogen and oxygen atoms in total. The lowest BCUT2D eigenvalue weighted by Gasteiger charge is -2.18. The molecule has 0 amide bonds. The summed E-state index contributed by atoms with van der Waals surface area (Å²) in [6.07, 6.45) is 0. The first kappa shape index (κ1) is 12.1. The third kappa shape index (κ3) is 3.56. The summed E-state index contributed by atoms with van der Waals surface area (Å²) in [5.41, 5.74) is 2.96. The van der Waals surface area contributed by atoms with Crippen molar-refractivity contribution in [3.8, 4) is 5.75 Å². The number of ether oxygens (including phenoxy) is 1. The Morgan fingerprint density at radius 3 is 2.00 bits per heavy atom. The molecule has 0 radical (unpaired) electrons. The van der Waals surface area contributed by atoms with Gasteiger partial charge in [0.2, 0.25) is 0 Å². The molecule has 84 valence electrons. The number of aryl methyl sites for hydroxylation is 2. The van der Waals surface area contributed by atoms with E-state index >= 15 is 0 Å². The minimum Gasteiger partial charge on any atom is -0.491 e. The molecular weight excluding hydrogens is 188 g/mol. The molecule has 0 saturated heterocycles. The minimum atomic E-state index is -0.785. The van der Waals surface area contributed by atoms with Crippen LogP contribution >= 0.6 is 0 Å². The molecular formula is C13H20O2. The largest absolute Gasteiger partial charge is 0.491 e. The fourth-order valence-corrected chi connectivity index (χ4v) is 1.34. The fourth-order valence-electron chi connectivity index (χ4n) is 1.34. The van der Waals surface area contributed by atoms with Crippen molar-refractivity contribution in [2.45, 2.75) is 40.2 Å². The molecule has 1 rings (SSSR count). The molecule has 1 N–H and O–H groups in total. The highest BCUT2D eigenvalue weighted by Gasteiger charge is 2.13. The maximum absolute atomic E-state index is 9.55. The Morgan fingerprint density at radius 1 is 1.13 bits per heavy atom. The molecule has 1 aromatic carbocycles. The van der Waals surface area contributed by atoms with Crippen LogP contribution in [0.5, 0.6) is 5.75 Å². The number of rotatable bonds is 3. The van der Waals surface area contributed by atoms with E-state index < -0.39 is 5.60 Å². The molecule has 0 aromatic heterocycles. The van der Waals surface area contributed by atoms with Crippen molar-refractivity contribution in [2.24, 2.45) is 0 Å². The summed E-state index contributed by atoms with van der Waals surface area (Å²) >= 11 is 0. The molecule has 15 heavy (non-hydrogen) atoms. The van der Waals surface area contributed by atoms with Crippen molar-refractivity contribution < 1.29 is 9.84 Å². The van der Waals surface area contributed by atoms with Gasteiger partial charge >= 0.3 is 0 Å². The molecule has 0 aliphatic carbocycles. The van der Waals surface area contributed by atoms with Crippen molar-refractivity contribution in [1.82, 2.24) is 0 Å². The molecule has 0 aliphatic heterocycles. The van der Waals surface area contributed by atoms with Crippen LogP contribution in [0.3, 0.4) is 0 Å². The second-order valence-electron chi connectivity index (χ2n) is 4.78. The molecule has 0 heterocycles. The predicted molar refractivity (Wildman–Crippen MR) is 62.4 cm³/mol. The Labute approximate surface area is 91.9 Å². The quantitative estimate of drug-likeness (QED) is 0.827. The Morgan fingerprint density at radius 2 is 1.60 bits per heavy atom. The lowest BCUT2D eigenvalue weighted by Crippen LogP contribution is -2.27. The van der Waals surface area contributed by atoms with Crippen LogP contribution in [0, 0.1) is 20.8 Å². The number of hydrogen-bond donors (Lipinski definition) is 1. The van der Waals surface area contributed by atoms with Crippen molar-refractivity contribution in [2.75, 3.05) is 6.61 Å². The lowest BCUT2D eigenvalue weighted by molar-refractivity contribution is 0.0284. The van der Waals surface area contributed by atoms with Crippen LogP contribution < -0.4 is 4.74 Å². The molecule has 0 atom stereocenters. The van der Waals surface area contributed by atoms with Crippen molar-refractivity contribution in [3.63, 3.8) is 0 Å². The standard InChI is InChI=1S/C13H20O2/c1-9-6-12(7-10(2)11(9)3)15-8-13(4,5)14/h6-7,14H,8H2,1-5H3. The van der Waals surface area contributed by atoms with Crippen LogP contribution in [0.15, 0.2) is 12.1 Å². The van der Waals surface area contributed by atoms with E-state index in [0.717, 1.165) is 5.75 Å². The first-order valence-corrected chi connectivity index (χ1v) is 5.22. The molecule has 1 aromatic rings. The van der Waals surface area contributed by atoms with E-state index in [9.17, 15) is 5.11 Å². The highest BCUT2D eigenvalue weighted by molar-refractivity contribution is 5.40. The zero-order chi connectivity index (χ0) is 11.6.